The first-order valence-corrected chi connectivity index (χ1v) is 7.72. The van der Waals surface area contributed by atoms with Gasteiger partial charge in [0.15, 0.2) is 0 Å². The maximum Gasteiger partial charge on any atom is 0.263 e. The molecule has 1 saturated heterocycles. The number of carbonyl (C=O) groups excluding carboxylic acids is 1. The summed E-state index contributed by atoms with van der Waals surface area (Å²) in [6.45, 7) is 3.88. The molecular weight excluding hydrogens is 254 g/mol. The van der Waals surface area contributed by atoms with E-state index in [1.165, 1.54) is 22.8 Å². The van der Waals surface area contributed by atoms with Crippen molar-refractivity contribution in [1.82, 2.24) is 10.2 Å². The second-order valence-corrected chi connectivity index (χ2v) is 6.06. The van der Waals surface area contributed by atoms with Gasteiger partial charge in [-0.2, -0.15) is 11.8 Å². The quantitative estimate of drug-likeness (QED) is 0.861. The molecule has 6 heteroatoms. The smallest absolute Gasteiger partial charge is 0.263 e. The van der Waals surface area contributed by atoms with Gasteiger partial charge in [0.25, 0.3) is 5.91 Å². The van der Waals surface area contributed by atoms with Gasteiger partial charge >= 0.3 is 0 Å². The van der Waals surface area contributed by atoms with E-state index in [9.17, 15) is 4.79 Å². The zero-order valence-corrected chi connectivity index (χ0v) is 11.3. The molecule has 1 aliphatic rings. The van der Waals surface area contributed by atoms with Crippen LogP contribution < -0.4 is 11.1 Å². The summed E-state index contributed by atoms with van der Waals surface area (Å²) in [5, 5.41) is 4.76. The first kappa shape index (κ1) is 12.7. The van der Waals surface area contributed by atoms with Gasteiger partial charge in [-0.1, -0.05) is 0 Å². The number of nitrogens with one attached hydrogen (secondary N) is 1. The molecule has 0 bridgehead atoms. The molecule has 17 heavy (non-hydrogen) atoms. The monoisotopic (exact) mass is 271 g/mol. The summed E-state index contributed by atoms with van der Waals surface area (Å²) < 4.78 is 0. The van der Waals surface area contributed by atoms with Gasteiger partial charge in [0.05, 0.1) is 5.69 Å². The van der Waals surface area contributed by atoms with Crippen LogP contribution in [0.2, 0.25) is 0 Å². The van der Waals surface area contributed by atoms with E-state index in [1.807, 2.05) is 17.1 Å². The number of anilines is 1. The van der Waals surface area contributed by atoms with Crippen molar-refractivity contribution in [3.05, 3.63) is 16.3 Å². The number of amides is 1. The first-order valence-electron chi connectivity index (χ1n) is 5.68. The van der Waals surface area contributed by atoms with E-state index in [-0.39, 0.29) is 5.91 Å². The Labute approximate surface area is 110 Å². The van der Waals surface area contributed by atoms with Crippen molar-refractivity contribution in [3.63, 3.8) is 0 Å². The number of hydrogen-bond acceptors (Lipinski definition) is 5. The second-order valence-electron chi connectivity index (χ2n) is 3.91. The van der Waals surface area contributed by atoms with Crippen molar-refractivity contribution in [2.75, 3.05) is 43.4 Å². The Morgan fingerprint density at radius 3 is 2.88 bits per heavy atom. The Bertz CT molecular complexity index is 375. The fourth-order valence-corrected chi connectivity index (χ4v) is 3.45. The number of thiophene rings is 1. The van der Waals surface area contributed by atoms with Crippen molar-refractivity contribution in [1.29, 1.82) is 0 Å². The molecule has 0 atom stereocenters. The number of thioether (sulfide) groups is 1. The summed E-state index contributed by atoms with van der Waals surface area (Å²) >= 11 is 3.38. The highest BCUT2D eigenvalue weighted by atomic mass is 32.2. The van der Waals surface area contributed by atoms with E-state index in [1.54, 1.807) is 6.07 Å². The van der Waals surface area contributed by atoms with Gasteiger partial charge in [0.2, 0.25) is 0 Å². The Kier molecular flexibility index (Phi) is 4.70. The third kappa shape index (κ3) is 3.62. The Hall–Kier alpha value is -0.720. The lowest BCUT2D eigenvalue weighted by Crippen LogP contribution is -2.39. The van der Waals surface area contributed by atoms with E-state index < -0.39 is 0 Å². The van der Waals surface area contributed by atoms with Gasteiger partial charge in [-0.15, -0.1) is 11.3 Å². The molecule has 3 N–H and O–H groups in total. The molecule has 0 spiro atoms. The molecule has 1 amide bonds. The minimum absolute atomic E-state index is 0.0520. The molecule has 2 heterocycles. The lowest BCUT2D eigenvalue weighted by atomic mass is 10.3. The van der Waals surface area contributed by atoms with Crippen molar-refractivity contribution in [2.45, 2.75) is 0 Å². The molecule has 0 saturated carbocycles. The van der Waals surface area contributed by atoms with E-state index in [0.717, 1.165) is 19.6 Å². The molecule has 1 fully saturated rings. The minimum atomic E-state index is -0.0520. The maximum atomic E-state index is 11.8. The van der Waals surface area contributed by atoms with Crippen LogP contribution in [0.1, 0.15) is 9.67 Å². The number of rotatable bonds is 4. The van der Waals surface area contributed by atoms with Crippen LogP contribution in [0.25, 0.3) is 0 Å². The zero-order chi connectivity index (χ0) is 12.1. The number of nitrogen functional groups attached to an aromatic ring is 1. The van der Waals surface area contributed by atoms with Crippen molar-refractivity contribution in [3.8, 4) is 0 Å². The van der Waals surface area contributed by atoms with Crippen LogP contribution in [0.4, 0.5) is 5.69 Å². The first-order chi connectivity index (χ1) is 8.27. The van der Waals surface area contributed by atoms with Gasteiger partial charge in [0.1, 0.15) is 4.88 Å². The summed E-state index contributed by atoms with van der Waals surface area (Å²) in [5.74, 6) is 2.35. The van der Waals surface area contributed by atoms with E-state index in [2.05, 4.69) is 10.2 Å². The molecule has 0 aromatic carbocycles. The van der Waals surface area contributed by atoms with Crippen molar-refractivity contribution >= 4 is 34.7 Å². The SMILES string of the molecule is Nc1ccsc1C(=O)NCCN1CCSCC1. The molecule has 0 aliphatic carbocycles. The molecule has 0 radical (unpaired) electrons. The number of nitrogens with zero attached hydrogens (tertiary/aromatic N) is 1. The molecule has 1 aliphatic heterocycles. The number of carbonyl (C=O) groups is 1. The van der Waals surface area contributed by atoms with E-state index in [0.29, 0.717) is 17.1 Å². The molecule has 94 valence electrons. The number of hydrogen-bond donors (Lipinski definition) is 2. The Morgan fingerprint density at radius 2 is 2.24 bits per heavy atom. The van der Waals surface area contributed by atoms with Gasteiger partial charge in [-0.05, 0) is 11.4 Å². The van der Waals surface area contributed by atoms with Crippen molar-refractivity contribution < 1.29 is 4.79 Å². The largest absolute Gasteiger partial charge is 0.397 e. The van der Waals surface area contributed by atoms with E-state index in [4.69, 9.17) is 5.73 Å². The molecule has 1 aromatic heterocycles. The molecule has 4 nitrogen and oxygen atoms in total. The highest BCUT2D eigenvalue weighted by Crippen LogP contribution is 2.18. The predicted octanol–water partition coefficient (Wildman–Crippen LogP) is 1.11. The van der Waals surface area contributed by atoms with Crippen LogP contribution in [0.5, 0.6) is 0 Å². The van der Waals surface area contributed by atoms with Crippen LogP contribution in [0.15, 0.2) is 11.4 Å². The Balaban J connectivity index is 1.71. The summed E-state index contributed by atoms with van der Waals surface area (Å²) in [6, 6.07) is 1.77. The minimum Gasteiger partial charge on any atom is -0.397 e. The average molecular weight is 271 g/mol. The van der Waals surface area contributed by atoms with Crippen molar-refractivity contribution in [2.24, 2.45) is 0 Å². The van der Waals surface area contributed by atoms with Gasteiger partial charge in [0, 0.05) is 37.7 Å². The van der Waals surface area contributed by atoms with Crippen LogP contribution in [-0.4, -0.2) is 48.5 Å². The second kappa shape index (κ2) is 6.28. The van der Waals surface area contributed by atoms with Crippen LogP contribution in [0, 0.1) is 0 Å². The molecule has 2 rings (SSSR count). The fraction of sp³-hybridized carbons (Fsp3) is 0.545. The Morgan fingerprint density at radius 1 is 1.47 bits per heavy atom. The summed E-state index contributed by atoms with van der Waals surface area (Å²) in [6.07, 6.45) is 0. The maximum absolute atomic E-state index is 11.8. The highest BCUT2D eigenvalue weighted by molar-refractivity contribution is 7.99. The summed E-state index contributed by atoms with van der Waals surface area (Å²) in [4.78, 5) is 14.8. The fourth-order valence-electron chi connectivity index (χ4n) is 1.74. The topological polar surface area (TPSA) is 58.4 Å². The van der Waals surface area contributed by atoms with Crippen LogP contribution >= 0.6 is 23.1 Å². The standard InChI is InChI=1S/C11H17N3OS2/c12-9-1-6-17-10(9)11(15)13-2-3-14-4-7-16-8-5-14/h1,6H,2-5,7-8,12H2,(H,13,15). The zero-order valence-electron chi connectivity index (χ0n) is 9.65. The van der Waals surface area contributed by atoms with Crippen LogP contribution in [0.3, 0.4) is 0 Å². The van der Waals surface area contributed by atoms with Crippen LogP contribution in [-0.2, 0) is 0 Å². The lowest BCUT2D eigenvalue weighted by molar-refractivity contribution is 0.0954. The third-order valence-electron chi connectivity index (χ3n) is 2.72. The molecule has 1 aromatic rings. The average Bonchev–Trinajstić information content (AvgIpc) is 2.77. The summed E-state index contributed by atoms with van der Waals surface area (Å²) in [7, 11) is 0. The third-order valence-corrected chi connectivity index (χ3v) is 4.59. The highest BCUT2D eigenvalue weighted by Gasteiger charge is 2.12. The molecule has 0 unspecified atom stereocenters. The predicted molar refractivity (Wildman–Crippen MR) is 74.8 cm³/mol. The normalized spacial score (nSPS) is 16.9. The summed E-state index contributed by atoms with van der Waals surface area (Å²) in [5.41, 5.74) is 6.26. The van der Waals surface area contributed by atoms with Gasteiger partial charge < -0.3 is 11.1 Å². The molecular formula is C11H17N3OS2. The lowest BCUT2D eigenvalue weighted by Gasteiger charge is -2.25. The van der Waals surface area contributed by atoms with Gasteiger partial charge in [-0.3, -0.25) is 9.69 Å². The van der Waals surface area contributed by atoms with E-state index >= 15 is 0 Å². The van der Waals surface area contributed by atoms with Gasteiger partial charge in [-0.25, -0.2) is 0 Å². The number of nitrogens with two attached hydrogens (primary N) is 1.